The molecule has 0 aliphatic carbocycles. The second-order valence-corrected chi connectivity index (χ2v) is 10.9. The quantitative estimate of drug-likeness (QED) is 0.270. The second kappa shape index (κ2) is 10.2. The van der Waals surface area contributed by atoms with Crippen molar-refractivity contribution in [3.63, 3.8) is 0 Å². The molecular formula is C30H33N3O5. The molecule has 1 aromatic heterocycles. The molecule has 0 bridgehead atoms. The van der Waals surface area contributed by atoms with E-state index in [1.54, 1.807) is 7.11 Å². The van der Waals surface area contributed by atoms with Crippen molar-refractivity contribution >= 4 is 45.2 Å². The lowest BCUT2D eigenvalue weighted by Crippen LogP contribution is -2.27. The Morgan fingerprint density at radius 3 is 1.74 bits per heavy atom. The minimum absolute atomic E-state index is 0.533. The van der Waals surface area contributed by atoms with E-state index < -0.39 is 23.4 Å². The van der Waals surface area contributed by atoms with E-state index in [0.29, 0.717) is 16.9 Å². The molecule has 4 rings (SSSR count). The van der Waals surface area contributed by atoms with Crippen molar-refractivity contribution in [1.82, 2.24) is 4.98 Å². The predicted molar refractivity (Wildman–Crippen MR) is 151 cm³/mol. The summed E-state index contributed by atoms with van der Waals surface area (Å²) in [4.78, 5) is 29.7. The third kappa shape index (κ3) is 6.51. The largest absolute Gasteiger partial charge is 0.497 e. The highest BCUT2D eigenvalue weighted by Gasteiger charge is 2.19. The van der Waals surface area contributed by atoms with Crippen molar-refractivity contribution in [1.29, 1.82) is 0 Å². The van der Waals surface area contributed by atoms with Crippen molar-refractivity contribution in [2.24, 2.45) is 0 Å². The molecule has 0 radical (unpaired) electrons. The number of rotatable bonds is 4. The molecule has 2 N–H and O–H groups in total. The van der Waals surface area contributed by atoms with Crippen LogP contribution in [0.1, 0.15) is 41.5 Å². The first-order valence-corrected chi connectivity index (χ1v) is 12.3. The van der Waals surface area contributed by atoms with Gasteiger partial charge in [0, 0.05) is 27.7 Å². The van der Waals surface area contributed by atoms with Gasteiger partial charge in [0.25, 0.3) is 0 Å². The van der Waals surface area contributed by atoms with Crippen LogP contribution >= 0.6 is 0 Å². The Labute approximate surface area is 222 Å². The minimum Gasteiger partial charge on any atom is -0.497 e. The first-order valence-electron chi connectivity index (χ1n) is 12.3. The topological polar surface area (TPSA) is 98.8 Å². The van der Waals surface area contributed by atoms with E-state index in [0.717, 1.165) is 33.2 Å². The van der Waals surface area contributed by atoms with Gasteiger partial charge in [-0.15, -0.1) is 0 Å². The monoisotopic (exact) mass is 515 g/mol. The molecule has 4 aromatic rings. The molecule has 198 valence electrons. The van der Waals surface area contributed by atoms with Gasteiger partial charge in [0.05, 0.1) is 18.3 Å². The number of amides is 2. The summed E-state index contributed by atoms with van der Waals surface area (Å²) in [5.74, 6) is 0.731. The molecule has 0 spiro atoms. The molecule has 8 nitrogen and oxygen atoms in total. The fourth-order valence-electron chi connectivity index (χ4n) is 3.97. The van der Waals surface area contributed by atoms with Crippen molar-refractivity contribution in [2.45, 2.75) is 52.7 Å². The Morgan fingerprint density at radius 1 is 0.684 bits per heavy atom. The number of carbonyl (C=O) groups excluding carboxylic acids is 2. The summed E-state index contributed by atoms with van der Waals surface area (Å²) < 4.78 is 16.1. The molecular weight excluding hydrogens is 482 g/mol. The fraction of sp³-hybridized carbons (Fsp3) is 0.300. The van der Waals surface area contributed by atoms with Gasteiger partial charge in [-0.05, 0) is 95.5 Å². The lowest BCUT2D eigenvalue weighted by Gasteiger charge is -2.20. The van der Waals surface area contributed by atoms with Crippen LogP contribution in [0.25, 0.3) is 32.9 Å². The van der Waals surface area contributed by atoms with Gasteiger partial charge in [0.2, 0.25) is 0 Å². The third-order valence-electron chi connectivity index (χ3n) is 5.45. The Bertz CT molecular complexity index is 1500. The Balaban J connectivity index is 1.81. The molecule has 0 aliphatic rings. The molecule has 0 aliphatic heterocycles. The number of hydrogen-bond donors (Lipinski definition) is 2. The zero-order valence-corrected chi connectivity index (χ0v) is 22.8. The van der Waals surface area contributed by atoms with E-state index in [4.69, 9.17) is 19.2 Å². The van der Waals surface area contributed by atoms with Crippen LogP contribution in [-0.2, 0) is 9.47 Å². The van der Waals surface area contributed by atoms with Gasteiger partial charge < -0.3 is 14.2 Å². The number of hydrogen-bond acceptors (Lipinski definition) is 6. The molecule has 0 saturated heterocycles. The number of carbonyl (C=O) groups is 2. The van der Waals surface area contributed by atoms with Gasteiger partial charge in [-0.2, -0.15) is 0 Å². The van der Waals surface area contributed by atoms with Crippen molar-refractivity contribution in [3.8, 4) is 17.0 Å². The summed E-state index contributed by atoms with van der Waals surface area (Å²) in [6, 6.07) is 18.8. The number of nitrogens with zero attached hydrogens (tertiary/aromatic N) is 1. The number of nitrogens with one attached hydrogen (secondary N) is 2. The van der Waals surface area contributed by atoms with Crippen LogP contribution in [0.3, 0.4) is 0 Å². The van der Waals surface area contributed by atoms with Crippen molar-refractivity contribution in [3.05, 3.63) is 60.7 Å². The standard InChI is InChI=1S/C30H33N3O5/c1-29(2,3)37-27(34)31-19-10-14-22-23-15-11-20(32-28(35)38-30(4,5)6)17-25(23)33-26(24(22)16-19)18-8-12-21(36-7)13-9-18/h8-17H,1-7H3,(H,31,34)(H,32,35). The maximum absolute atomic E-state index is 12.4. The van der Waals surface area contributed by atoms with Gasteiger partial charge in [-0.25, -0.2) is 14.6 Å². The number of aromatic nitrogens is 1. The lowest BCUT2D eigenvalue weighted by atomic mass is 9.99. The molecule has 0 fully saturated rings. The molecule has 2 amide bonds. The normalized spacial score (nSPS) is 11.8. The van der Waals surface area contributed by atoms with E-state index in [1.165, 1.54) is 0 Å². The summed E-state index contributed by atoms with van der Waals surface area (Å²) in [7, 11) is 1.62. The second-order valence-electron chi connectivity index (χ2n) is 10.9. The van der Waals surface area contributed by atoms with Crippen LogP contribution in [0.15, 0.2) is 60.7 Å². The van der Waals surface area contributed by atoms with Crippen LogP contribution in [0, 0.1) is 0 Å². The van der Waals surface area contributed by atoms with Crippen LogP contribution in [-0.4, -0.2) is 35.5 Å². The minimum atomic E-state index is -0.613. The Morgan fingerprint density at radius 2 is 1.21 bits per heavy atom. The number of methoxy groups -OCH3 is 1. The van der Waals surface area contributed by atoms with Gasteiger partial charge in [-0.1, -0.05) is 12.1 Å². The maximum Gasteiger partial charge on any atom is 0.412 e. The van der Waals surface area contributed by atoms with E-state index in [9.17, 15) is 9.59 Å². The van der Waals surface area contributed by atoms with Crippen LogP contribution < -0.4 is 15.4 Å². The van der Waals surface area contributed by atoms with E-state index in [-0.39, 0.29) is 0 Å². The maximum atomic E-state index is 12.4. The summed E-state index contributed by atoms with van der Waals surface area (Å²) in [6.45, 7) is 10.9. The SMILES string of the molecule is COc1ccc(-c2nc3cc(NC(=O)OC(C)(C)C)ccc3c3ccc(NC(=O)OC(C)(C)C)cc23)cc1. The molecule has 0 atom stereocenters. The molecule has 8 heteroatoms. The highest BCUT2D eigenvalue weighted by atomic mass is 16.6. The molecule has 1 heterocycles. The van der Waals surface area contributed by atoms with Gasteiger partial charge in [0.1, 0.15) is 17.0 Å². The number of pyridine rings is 1. The van der Waals surface area contributed by atoms with Crippen molar-refractivity contribution in [2.75, 3.05) is 17.7 Å². The van der Waals surface area contributed by atoms with Crippen LogP contribution in [0.4, 0.5) is 21.0 Å². The summed E-state index contributed by atoms with van der Waals surface area (Å²) in [5, 5.41) is 8.29. The molecule has 3 aromatic carbocycles. The number of fused-ring (bicyclic) bond motifs is 3. The fourth-order valence-corrected chi connectivity index (χ4v) is 3.97. The molecule has 0 unspecified atom stereocenters. The van der Waals surface area contributed by atoms with Crippen LogP contribution in [0.5, 0.6) is 5.75 Å². The first kappa shape index (κ1) is 26.7. The average molecular weight is 516 g/mol. The summed E-state index contributed by atoms with van der Waals surface area (Å²) in [6.07, 6.45) is -1.07. The Hall–Kier alpha value is -4.33. The van der Waals surface area contributed by atoms with E-state index in [1.807, 2.05) is 102 Å². The number of ether oxygens (including phenoxy) is 3. The van der Waals surface area contributed by atoms with E-state index in [2.05, 4.69) is 10.6 Å². The van der Waals surface area contributed by atoms with Crippen molar-refractivity contribution < 1.29 is 23.8 Å². The Kier molecular flexibility index (Phi) is 7.18. The number of benzene rings is 3. The van der Waals surface area contributed by atoms with Crippen LogP contribution in [0.2, 0.25) is 0 Å². The highest BCUT2D eigenvalue weighted by molar-refractivity contribution is 6.13. The van der Waals surface area contributed by atoms with E-state index >= 15 is 0 Å². The third-order valence-corrected chi connectivity index (χ3v) is 5.45. The predicted octanol–water partition coefficient (Wildman–Crippen LogP) is 7.76. The zero-order chi connectivity index (χ0) is 27.7. The molecule has 38 heavy (non-hydrogen) atoms. The highest BCUT2D eigenvalue weighted by Crippen LogP contribution is 2.35. The summed E-state index contributed by atoms with van der Waals surface area (Å²) >= 11 is 0. The first-order chi connectivity index (χ1) is 17.8. The smallest absolute Gasteiger partial charge is 0.412 e. The van der Waals surface area contributed by atoms with Gasteiger partial charge >= 0.3 is 12.2 Å². The summed E-state index contributed by atoms with van der Waals surface area (Å²) in [5.41, 5.74) is 2.23. The number of anilines is 2. The lowest BCUT2D eigenvalue weighted by molar-refractivity contribution is 0.0624. The van der Waals surface area contributed by atoms with Gasteiger partial charge in [-0.3, -0.25) is 10.6 Å². The molecule has 0 saturated carbocycles. The zero-order valence-electron chi connectivity index (χ0n) is 22.8. The average Bonchev–Trinajstić information content (AvgIpc) is 2.81. The van der Waals surface area contributed by atoms with Gasteiger partial charge in [0.15, 0.2) is 0 Å².